The summed E-state index contributed by atoms with van der Waals surface area (Å²) >= 11 is 5.93. The number of aromatic nitrogens is 2. The molecule has 0 unspecified atom stereocenters. The van der Waals surface area contributed by atoms with E-state index in [4.69, 9.17) is 25.6 Å². The Labute approximate surface area is 168 Å². The van der Waals surface area contributed by atoms with Crippen LogP contribution in [0.5, 0.6) is 11.5 Å². The first kappa shape index (κ1) is 18.4. The number of ether oxygens (including phenoxy) is 2. The Morgan fingerprint density at radius 2 is 1.68 bits per heavy atom. The van der Waals surface area contributed by atoms with E-state index in [1.807, 2.05) is 36.4 Å². The number of methoxy groups -OCH3 is 2. The maximum atomic E-state index is 5.93. The molecule has 145 valence electrons. The summed E-state index contributed by atoms with van der Waals surface area (Å²) in [6.07, 6.45) is 0. The zero-order chi connectivity index (χ0) is 19.5. The fraction of sp³-hybridized carbons (Fsp3) is 0.300. The number of nitrogens with zero attached hydrogens (tertiary/aromatic N) is 4. The Hall–Kier alpha value is -2.93. The van der Waals surface area contributed by atoms with Gasteiger partial charge in [0.1, 0.15) is 0 Å². The number of hydrogen-bond donors (Lipinski definition) is 0. The van der Waals surface area contributed by atoms with Crippen LogP contribution < -0.4 is 19.3 Å². The van der Waals surface area contributed by atoms with Gasteiger partial charge in [0, 0.05) is 42.5 Å². The van der Waals surface area contributed by atoms with Crippen molar-refractivity contribution in [3.05, 3.63) is 47.5 Å². The van der Waals surface area contributed by atoms with Gasteiger partial charge in [0.2, 0.25) is 5.82 Å². The smallest absolute Gasteiger partial charge is 0.324 e. The molecule has 8 heteroatoms. The van der Waals surface area contributed by atoms with Crippen LogP contribution in [0.3, 0.4) is 0 Å². The third kappa shape index (κ3) is 3.71. The van der Waals surface area contributed by atoms with E-state index in [1.54, 1.807) is 14.2 Å². The van der Waals surface area contributed by atoms with Crippen molar-refractivity contribution in [3.8, 4) is 22.9 Å². The summed E-state index contributed by atoms with van der Waals surface area (Å²) in [6.45, 7) is 3.16. The molecule has 0 saturated carbocycles. The Bertz CT molecular complexity index is 937. The van der Waals surface area contributed by atoms with Crippen LogP contribution in [0, 0.1) is 6.07 Å². The second-order valence-corrected chi connectivity index (χ2v) is 6.76. The van der Waals surface area contributed by atoms with Crippen LogP contribution in [0.2, 0.25) is 5.02 Å². The highest BCUT2D eigenvalue weighted by Crippen LogP contribution is 2.31. The molecular formula is C20H20ClN4O3. The standard InChI is InChI=1S/C20H20ClN4O3/c1-26-17-8-7-16(13-18(17)27-2)24-9-11-25(12-10-24)20-22-19(23-28-20)14-3-5-15(21)6-4-14/h3-8H,9-12H2,1-2H3. The van der Waals surface area contributed by atoms with Crippen LogP contribution in [-0.4, -0.2) is 50.5 Å². The summed E-state index contributed by atoms with van der Waals surface area (Å²) in [4.78, 5) is 8.86. The Morgan fingerprint density at radius 3 is 2.36 bits per heavy atom. The van der Waals surface area contributed by atoms with Gasteiger partial charge in [-0.15, -0.1) is 0 Å². The van der Waals surface area contributed by atoms with Gasteiger partial charge < -0.3 is 23.8 Å². The number of hydrogen-bond acceptors (Lipinski definition) is 7. The van der Waals surface area contributed by atoms with Gasteiger partial charge in [0.15, 0.2) is 11.5 Å². The summed E-state index contributed by atoms with van der Waals surface area (Å²) in [5.74, 6) is 1.83. The van der Waals surface area contributed by atoms with Crippen molar-refractivity contribution in [1.82, 2.24) is 10.1 Å². The largest absolute Gasteiger partial charge is 0.493 e. The van der Waals surface area contributed by atoms with Crippen LogP contribution in [0.15, 0.2) is 40.9 Å². The molecule has 3 aromatic rings. The molecule has 0 atom stereocenters. The third-order valence-electron chi connectivity index (χ3n) is 4.69. The van der Waals surface area contributed by atoms with Crippen molar-refractivity contribution in [3.63, 3.8) is 0 Å². The minimum Gasteiger partial charge on any atom is -0.493 e. The molecule has 1 aromatic heterocycles. The zero-order valence-electron chi connectivity index (χ0n) is 15.7. The van der Waals surface area contributed by atoms with Gasteiger partial charge in [-0.05, 0) is 36.4 Å². The molecule has 7 nitrogen and oxygen atoms in total. The second-order valence-electron chi connectivity index (χ2n) is 6.33. The van der Waals surface area contributed by atoms with Gasteiger partial charge in [-0.2, -0.15) is 4.98 Å². The van der Waals surface area contributed by atoms with E-state index in [0.717, 1.165) is 37.4 Å². The average Bonchev–Trinajstić information content (AvgIpc) is 3.24. The van der Waals surface area contributed by atoms with E-state index in [2.05, 4.69) is 26.0 Å². The molecule has 1 fully saturated rings. The van der Waals surface area contributed by atoms with E-state index in [1.165, 1.54) is 0 Å². The van der Waals surface area contributed by atoms with Crippen molar-refractivity contribution >= 4 is 23.3 Å². The molecule has 2 heterocycles. The summed E-state index contributed by atoms with van der Waals surface area (Å²) in [6, 6.07) is 15.1. The maximum absolute atomic E-state index is 5.93. The molecule has 0 spiro atoms. The molecular weight excluding hydrogens is 380 g/mol. The van der Waals surface area contributed by atoms with Crippen molar-refractivity contribution in [1.29, 1.82) is 0 Å². The Kier molecular flexibility index (Phi) is 5.25. The lowest BCUT2D eigenvalue weighted by Crippen LogP contribution is -2.46. The first-order chi connectivity index (χ1) is 13.7. The van der Waals surface area contributed by atoms with Gasteiger partial charge in [-0.1, -0.05) is 16.8 Å². The van der Waals surface area contributed by atoms with Crippen LogP contribution in [0.25, 0.3) is 11.4 Å². The van der Waals surface area contributed by atoms with Crippen LogP contribution >= 0.6 is 11.6 Å². The van der Waals surface area contributed by atoms with E-state index in [9.17, 15) is 0 Å². The molecule has 2 aromatic carbocycles. The average molecular weight is 400 g/mol. The number of piperazine rings is 1. The number of benzene rings is 2. The fourth-order valence-electron chi connectivity index (χ4n) is 3.15. The van der Waals surface area contributed by atoms with Crippen molar-refractivity contribution < 1.29 is 14.0 Å². The lowest BCUT2D eigenvalue weighted by Gasteiger charge is -2.35. The van der Waals surface area contributed by atoms with Gasteiger partial charge in [-0.3, -0.25) is 0 Å². The van der Waals surface area contributed by atoms with E-state index < -0.39 is 0 Å². The SMILES string of the molecule is COc1[c]c(N2CCN(c3nc(-c4ccc(Cl)cc4)no3)CC2)ccc1OC. The summed E-state index contributed by atoms with van der Waals surface area (Å²) in [7, 11) is 3.23. The van der Waals surface area contributed by atoms with Gasteiger partial charge in [-0.25, -0.2) is 0 Å². The number of anilines is 2. The van der Waals surface area contributed by atoms with Crippen molar-refractivity contribution in [2.24, 2.45) is 0 Å². The molecule has 4 rings (SSSR count). The van der Waals surface area contributed by atoms with Gasteiger partial charge in [0.25, 0.3) is 0 Å². The molecule has 0 bridgehead atoms. The number of rotatable bonds is 5. The maximum Gasteiger partial charge on any atom is 0.324 e. The van der Waals surface area contributed by atoms with E-state index in [0.29, 0.717) is 28.4 Å². The lowest BCUT2D eigenvalue weighted by atomic mass is 10.2. The van der Waals surface area contributed by atoms with Crippen LogP contribution in [-0.2, 0) is 0 Å². The lowest BCUT2D eigenvalue weighted by molar-refractivity contribution is 0.354. The molecule has 1 radical (unpaired) electrons. The van der Waals surface area contributed by atoms with Crippen LogP contribution in [0.1, 0.15) is 0 Å². The quantitative estimate of drug-likeness (QED) is 0.650. The Morgan fingerprint density at radius 1 is 0.964 bits per heavy atom. The zero-order valence-corrected chi connectivity index (χ0v) is 16.4. The summed E-state index contributed by atoms with van der Waals surface area (Å²) in [5.41, 5.74) is 1.85. The highest BCUT2D eigenvalue weighted by atomic mass is 35.5. The van der Waals surface area contributed by atoms with Crippen molar-refractivity contribution in [2.45, 2.75) is 0 Å². The highest BCUT2D eigenvalue weighted by Gasteiger charge is 2.23. The van der Waals surface area contributed by atoms with Gasteiger partial charge >= 0.3 is 6.01 Å². The minimum absolute atomic E-state index is 0.529. The topological polar surface area (TPSA) is 63.9 Å². The molecule has 1 aliphatic heterocycles. The molecule has 28 heavy (non-hydrogen) atoms. The molecule has 0 N–H and O–H groups in total. The number of halogens is 1. The third-order valence-corrected chi connectivity index (χ3v) is 4.94. The van der Waals surface area contributed by atoms with Crippen LogP contribution in [0.4, 0.5) is 11.7 Å². The predicted octanol–water partition coefficient (Wildman–Crippen LogP) is 3.53. The van der Waals surface area contributed by atoms with Crippen molar-refractivity contribution in [2.75, 3.05) is 50.2 Å². The fourth-order valence-corrected chi connectivity index (χ4v) is 3.27. The molecule has 1 aliphatic rings. The first-order valence-electron chi connectivity index (χ1n) is 8.92. The highest BCUT2D eigenvalue weighted by molar-refractivity contribution is 6.30. The monoisotopic (exact) mass is 399 g/mol. The van der Waals surface area contributed by atoms with Gasteiger partial charge in [0.05, 0.1) is 20.3 Å². The minimum atomic E-state index is 0.529. The van der Waals surface area contributed by atoms with E-state index in [-0.39, 0.29) is 0 Å². The molecule has 0 aliphatic carbocycles. The Balaban J connectivity index is 1.42. The summed E-state index contributed by atoms with van der Waals surface area (Å²) in [5, 5.41) is 4.77. The normalized spacial score (nSPS) is 14.2. The second kappa shape index (κ2) is 7.98. The first-order valence-corrected chi connectivity index (χ1v) is 9.29. The molecule has 0 amide bonds. The summed E-state index contributed by atoms with van der Waals surface area (Å²) < 4.78 is 16.1. The predicted molar refractivity (Wildman–Crippen MR) is 108 cm³/mol. The van der Waals surface area contributed by atoms with E-state index >= 15 is 0 Å². The molecule has 1 saturated heterocycles.